The number of nitrogens with zero attached hydrogens (tertiary/aromatic N) is 1. The van der Waals surface area contributed by atoms with E-state index < -0.39 is 30.6 Å². The standard InChI is InChI=1S/C19H17F6NO3/c20-18(21,22)15-5-1-14(2-6-15)11-29-26-10-9-13-3-7-16(8-4-13)28-12-17(27)19(23,24)25/h1-8,10,17,27H,9,11-12H2. The Morgan fingerprint density at radius 2 is 1.48 bits per heavy atom. The summed E-state index contributed by atoms with van der Waals surface area (Å²) in [6, 6.07) is 10.6. The number of benzene rings is 2. The molecule has 0 spiro atoms. The maximum Gasteiger partial charge on any atom is 0.417 e. The quantitative estimate of drug-likeness (QED) is 0.380. The van der Waals surface area contributed by atoms with E-state index in [1.165, 1.54) is 30.5 Å². The molecule has 0 saturated heterocycles. The molecule has 0 bridgehead atoms. The first-order chi connectivity index (χ1) is 13.6. The molecule has 10 heteroatoms. The molecule has 0 fully saturated rings. The molecule has 1 N–H and O–H groups in total. The van der Waals surface area contributed by atoms with E-state index in [-0.39, 0.29) is 12.4 Å². The van der Waals surface area contributed by atoms with E-state index in [4.69, 9.17) is 14.7 Å². The fraction of sp³-hybridized carbons (Fsp3) is 0.316. The van der Waals surface area contributed by atoms with Gasteiger partial charge < -0.3 is 14.7 Å². The lowest BCUT2D eigenvalue weighted by Crippen LogP contribution is -2.34. The van der Waals surface area contributed by atoms with Gasteiger partial charge in [-0.1, -0.05) is 29.4 Å². The predicted octanol–water partition coefficient (Wildman–Crippen LogP) is 4.75. The molecule has 0 aliphatic rings. The normalized spacial score (nSPS) is 13.5. The van der Waals surface area contributed by atoms with Crippen molar-refractivity contribution in [3.63, 3.8) is 0 Å². The zero-order valence-electron chi connectivity index (χ0n) is 14.9. The van der Waals surface area contributed by atoms with Crippen LogP contribution in [0.4, 0.5) is 26.3 Å². The third-order valence-electron chi connectivity index (χ3n) is 3.70. The van der Waals surface area contributed by atoms with Crippen LogP contribution in [-0.4, -0.2) is 30.2 Å². The van der Waals surface area contributed by atoms with Crippen LogP contribution in [0.5, 0.6) is 5.75 Å². The van der Waals surface area contributed by atoms with Crippen molar-refractivity contribution in [3.8, 4) is 5.75 Å². The van der Waals surface area contributed by atoms with Crippen molar-refractivity contribution >= 4 is 6.21 Å². The Labute approximate surface area is 162 Å². The van der Waals surface area contributed by atoms with Gasteiger partial charge in [0.2, 0.25) is 0 Å². The number of aliphatic hydroxyl groups is 1. The molecule has 2 aromatic carbocycles. The second kappa shape index (κ2) is 9.64. The van der Waals surface area contributed by atoms with Crippen molar-refractivity contribution < 1.29 is 41.0 Å². The number of hydrogen-bond acceptors (Lipinski definition) is 4. The van der Waals surface area contributed by atoms with Gasteiger partial charge >= 0.3 is 12.4 Å². The van der Waals surface area contributed by atoms with Crippen molar-refractivity contribution in [2.45, 2.75) is 31.5 Å². The molecule has 29 heavy (non-hydrogen) atoms. The van der Waals surface area contributed by atoms with Crippen LogP contribution in [0.3, 0.4) is 0 Å². The third kappa shape index (κ3) is 7.65. The second-order valence-corrected chi connectivity index (χ2v) is 5.97. The summed E-state index contributed by atoms with van der Waals surface area (Å²) < 4.78 is 78.8. The number of alkyl halides is 6. The van der Waals surface area contributed by atoms with Crippen LogP contribution in [0.15, 0.2) is 53.7 Å². The van der Waals surface area contributed by atoms with Gasteiger partial charge in [-0.2, -0.15) is 26.3 Å². The SMILES string of the molecule is OC(COc1ccc(CC=NOCc2ccc(C(F)(F)F)cc2)cc1)C(F)(F)F. The lowest BCUT2D eigenvalue weighted by Gasteiger charge is -2.15. The molecule has 1 unspecified atom stereocenters. The van der Waals surface area contributed by atoms with Gasteiger partial charge in [-0.3, -0.25) is 0 Å². The van der Waals surface area contributed by atoms with E-state index in [1.807, 2.05) is 0 Å². The number of halogens is 6. The summed E-state index contributed by atoms with van der Waals surface area (Å²) in [5, 5.41) is 12.6. The van der Waals surface area contributed by atoms with E-state index in [0.717, 1.165) is 17.7 Å². The van der Waals surface area contributed by atoms with Crippen LogP contribution in [-0.2, 0) is 24.0 Å². The molecule has 0 aliphatic carbocycles. The largest absolute Gasteiger partial charge is 0.491 e. The van der Waals surface area contributed by atoms with Gasteiger partial charge in [-0.25, -0.2) is 0 Å². The fourth-order valence-electron chi connectivity index (χ4n) is 2.09. The van der Waals surface area contributed by atoms with Gasteiger partial charge in [-0.05, 0) is 35.4 Å². The Bertz CT molecular complexity index is 786. The Balaban J connectivity index is 1.73. The Morgan fingerprint density at radius 3 is 2.03 bits per heavy atom. The molecular weight excluding hydrogens is 404 g/mol. The van der Waals surface area contributed by atoms with Crippen molar-refractivity contribution in [3.05, 3.63) is 65.2 Å². The zero-order valence-corrected chi connectivity index (χ0v) is 14.9. The van der Waals surface area contributed by atoms with Gasteiger partial charge in [0.1, 0.15) is 19.0 Å². The van der Waals surface area contributed by atoms with Crippen LogP contribution in [0, 0.1) is 0 Å². The van der Waals surface area contributed by atoms with Gasteiger partial charge in [-0.15, -0.1) is 0 Å². The van der Waals surface area contributed by atoms with Crippen molar-refractivity contribution in [2.75, 3.05) is 6.61 Å². The lowest BCUT2D eigenvalue weighted by molar-refractivity contribution is -0.210. The Morgan fingerprint density at radius 1 is 0.897 bits per heavy atom. The Kier molecular flexibility index (Phi) is 7.49. The molecule has 0 aromatic heterocycles. The molecule has 0 saturated carbocycles. The van der Waals surface area contributed by atoms with E-state index in [9.17, 15) is 26.3 Å². The maximum absolute atomic E-state index is 12.5. The molecule has 2 aromatic rings. The summed E-state index contributed by atoms with van der Waals surface area (Å²) in [5.41, 5.74) is 0.554. The minimum absolute atomic E-state index is 0.00292. The summed E-state index contributed by atoms with van der Waals surface area (Å²) in [7, 11) is 0. The Hall–Kier alpha value is -2.75. The maximum atomic E-state index is 12.5. The summed E-state index contributed by atoms with van der Waals surface area (Å²) in [4.78, 5) is 5.02. The van der Waals surface area contributed by atoms with Gasteiger partial charge in [0, 0.05) is 12.6 Å². The average Bonchev–Trinajstić information content (AvgIpc) is 2.65. The van der Waals surface area contributed by atoms with E-state index in [0.29, 0.717) is 12.0 Å². The van der Waals surface area contributed by atoms with Gasteiger partial charge in [0.05, 0.1) is 5.56 Å². The predicted molar refractivity (Wildman–Crippen MR) is 92.4 cm³/mol. The first-order valence-corrected chi connectivity index (χ1v) is 8.32. The second-order valence-electron chi connectivity index (χ2n) is 5.97. The highest BCUT2D eigenvalue weighted by Crippen LogP contribution is 2.29. The van der Waals surface area contributed by atoms with Crippen molar-refractivity contribution in [1.29, 1.82) is 0 Å². The zero-order chi connectivity index (χ0) is 21.5. The molecule has 0 aliphatic heterocycles. The average molecular weight is 421 g/mol. The topological polar surface area (TPSA) is 51.0 Å². The monoisotopic (exact) mass is 421 g/mol. The van der Waals surface area contributed by atoms with Gasteiger partial charge in [0.15, 0.2) is 6.10 Å². The van der Waals surface area contributed by atoms with Crippen LogP contribution >= 0.6 is 0 Å². The van der Waals surface area contributed by atoms with Crippen molar-refractivity contribution in [1.82, 2.24) is 0 Å². The molecule has 0 amide bonds. The highest BCUT2D eigenvalue weighted by Gasteiger charge is 2.38. The molecule has 4 nitrogen and oxygen atoms in total. The van der Waals surface area contributed by atoms with Gasteiger partial charge in [0.25, 0.3) is 0 Å². The first-order valence-electron chi connectivity index (χ1n) is 8.32. The minimum atomic E-state index is -4.74. The fourth-order valence-corrected chi connectivity index (χ4v) is 2.09. The number of hydrogen-bond donors (Lipinski definition) is 1. The summed E-state index contributed by atoms with van der Waals surface area (Å²) in [5.74, 6) is 0.174. The summed E-state index contributed by atoms with van der Waals surface area (Å²) in [6.45, 7) is -0.898. The number of rotatable bonds is 8. The molecule has 158 valence electrons. The molecule has 0 radical (unpaired) electrons. The highest BCUT2D eigenvalue weighted by atomic mass is 19.4. The summed E-state index contributed by atoms with van der Waals surface area (Å²) >= 11 is 0. The van der Waals surface area contributed by atoms with Crippen LogP contribution in [0.25, 0.3) is 0 Å². The van der Waals surface area contributed by atoms with E-state index in [2.05, 4.69) is 5.16 Å². The lowest BCUT2D eigenvalue weighted by atomic mass is 10.1. The highest BCUT2D eigenvalue weighted by molar-refractivity contribution is 5.60. The van der Waals surface area contributed by atoms with Crippen molar-refractivity contribution in [2.24, 2.45) is 5.16 Å². The first kappa shape index (κ1) is 22.5. The molecule has 0 heterocycles. The molecular formula is C19H17F6NO3. The number of oxime groups is 1. The molecule has 1 atom stereocenters. The molecule has 2 rings (SSSR count). The van der Waals surface area contributed by atoms with E-state index >= 15 is 0 Å². The minimum Gasteiger partial charge on any atom is -0.491 e. The third-order valence-corrected chi connectivity index (χ3v) is 3.70. The van der Waals surface area contributed by atoms with Crippen LogP contribution < -0.4 is 4.74 Å². The van der Waals surface area contributed by atoms with E-state index in [1.54, 1.807) is 12.1 Å². The number of aliphatic hydroxyl groups excluding tert-OH is 1. The van der Waals surface area contributed by atoms with Crippen LogP contribution in [0.2, 0.25) is 0 Å². The number of ether oxygens (including phenoxy) is 1. The smallest absolute Gasteiger partial charge is 0.417 e. The summed E-state index contributed by atoms with van der Waals surface area (Å²) in [6.07, 6.45) is -9.89. The van der Waals surface area contributed by atoms with Crippen LogP contribution in [0.1, 0.15) is 16.7 Å².